The standard InChI is InChI=1S/C13H12N4/c1-2-11-16-10-6-5-9-15-13(10)17(11)12-7-3-4-8-14-12/h3-9H,2H2,1H3. The van der Waals surface area contributed by atoms with E-state index in [1.807, 2.05) is 34.9 Å². The minimum absolute atomic E-state index is 0.854. The van der Waals surface area contributed by atoms with Crippen LogP contribution in [0.15, 0.2) is 42.7 Å². The third-order valence-electron chi connectivity index (χ3n) is 2.68. The normalized spacial score (nSPS) is 10.9. The first-order valence-electron chi connectivity index (χ1n) is 5.64. The second-order valence-corrected chi connectivity index (χ2v) is 3.75. The summed E-state index contributed by atoms with van der Waals surface area (Å²) in [6.45, 7) is 2.08. The molecule has 0 aliphatic carbocycles. The quantitative estimate of drug-likeness (QED) is 0.671. The Morgan fingerprint density at radius 2 is 1.94 bits per heavy atom. The van der Waals surface area contributed by atoms with E-state index in [0.29, 0.717) is 0 Å². The lowest BCUT2D eigenvalue weighted by Gasteiger charge is -2.05. The molecule has 0 fully saturated rings. The average molecular weight is 224 g/mol. The fourth-order valence-electron chi connectivity index (χ4n) is 1.92. The molecule has 0 unspecified atom stereocenters. The summed E-state index contributed by atoms with van der Waals surface area (Å²) in [6.07, 6.45) is 4.42. The lowest BCUT2D eigenvalue weighted by Crippen LogP contribution is -2.02. The zero-order chi connectivity index (χ0) is 11.7. The maximum atomic E-state index is 4.57. The van der Waals surface area contributed by atoms with Crippen molar-refractivity contribution in [3.8, 4) is 5.82 Å². The first kappa shape index (κ1) is 9.96. The Balaban J connectivity index is 2.34. The molecule has 0 atom stereocenters. The fourth-order valence-corrected chi connectivity index (χ4v) is 1.92. The van der Waals surface area contributed by atoms with Gasteiger partial charge in [0.05, 0.1) is 0 Å². The van der Waals surface area contributed by atoms with Gasteiger partial charge < -0.3 is 0 Å². The van der Waals surface area contributed by atoms with Gasteiger partial charge in [0.25, 0.3) is 0 Å². The van der Waals surface area contributed by atoms with Crippen molar-refractivity contribution in [1.82, 2.24) is 19.5 Å². The highest BCUT2D eigenvalue weighted by Gasteiger charge is 2.11. The highest BCUT2D eigenvalue weighted by molar-refractivity contribution is 5.73. The van der Waals surface area contributed by atoms with E-state index in [1.54, 1.807) is 12.4 Å². The molecular formula is C13H12N4. The lowest BCUT2D eigenvalue weighted by molar-refractivity contribution is 0.878. The molecule has 0 spiro atoms. The number of pyridine rings is 2. The number of aromatic nitrogens is 4. The van der Waals surface area contributed by atoms with E-state index in [1.165, 1.54) is 0 Å². The van der Waals surface area contributed by atoms with Gasteiger partial charge in [-0.1, -0.05) is 13.0 Å². The Labute approximate surface area is 99.0 Å². The predicted octanol–water partition coefficient (Wildman–Crippen LogP) is 2.38. The van der Waals surface area contributed by atoms with Gasteiger partial charge in [-0.25, -0.2) is 15.0 Å². The summed E-state index contributed by atoms with van der Waals surface area (Å²) in [4.78, 5) is 13.3. The molecule has 0 N–H and O–H groups in total. The van der Waals surface area contributed by atoms with Crippen molar-refractivity contribution in [2.24, 2.45) is 0 Å². The van der Waals surface area contributed by atoms with Crippen LogP contribution < -0.4 is 0 Å². The summed E-state index contributed by atoms with van der Waals surface area (Å²) in [5, 5.41) is 0. The Morgan fingerprint density at radius 3 is 2.71 bits per heavy atom. The van der Waals surface area contributed by atoms with Crippen LogP contribution >= 0.6 is 0 Å². The van der Waals surface area contributed by atoms with Gasteiger partial charge in [0.1, 0.15) is 17.2 Å². The maximum Gasteiger partial charge on any atom is 0.165 e. The largest absolute Gasteiger partial charge is 0.264 e. The molecule has 3 aromatic heterocycles. The summed E-state index contributed by atoms with van der Waals surface area (Å²) >= 11 is 0. The molecular weight excluding hydrogens is 212 g/mol. The monoisotopic (exact) mass is 224 g/mol. The zero-order valence-electron chi connectivity index (χ0n) is 9.54. The molecule has 3 aromatic rings. The van der Waals surface area contributed by atoms with Crippen LogP contribution in [0.5, 0.6) is 0 Å². The molecule has 0 aliphatic rings. The van der Waals surface area contributed by atoms with Gasteiger partial charge in [-0.05, 0) is 24.3 Å². The van der Waals surface area contributed by atoms with E-state index in [2.05, 4.69) is 21.9 Å². The fraction of sp³-hybridized carbons (Fsp3) is 0.154. The van der Waals surface area contributed by atoms with Crippen molar-refractivity contribution >= 4 is 11.2 Å². The van der Waals surface area contributed by atoms with E-state index in [9.17, 15) is 0 Å². The predicted molar refractivity (Wildman–Crippen MR) is 66.0 cm³/mol. The van der Waals surface area contributed by atoms with Gasteiger partial charge in [0.15, 0.2) is 5.65 Å². The molecule has 3 rings (SSSR count). The van der Waals surface area contributed by atoms with E-state index in [0.717, 1.165) is 29.2 Å². The molecule has 84 valence electrons. The molecule has 4 nitrogen and oxygen atoms in total. The van der Waals surface area contributed by atoms with E-state index < -0.39 is 0 Å². The summed E-state index contributed by atoms with van der Waals surface area (Å²) in [5.41, 5.74) is 1.78. The van der Waals surface area contributed by atoms with Crippen LogP contribution in [0.2, 0.25) is 0 Å². The van der Waals surface area contributed by atoms with Crippen LogP contribution in [0.25, 0.3) is 17.0 Å². The Bertz CT molecular complexity index is 643. The second-order valence-electron chi connectivity index (χ2n) is 3.75. The number of fused-ring (bicyclic) bond motifs is 1. The molecule has 0 saturated heterocycles. The van der Waals surface area contributed by atoms with Gasteiger partial charge in [-0.15, -0.1) is 0 Å². The summed E-state index contributed by atoms with van der Waals surface area (Å²) in [5.74, 6) is 1.85. The highest BCUT2D eigenvalue weighted by Crippen LogP contribution is 2.18. The molecule has 0 radical (unpaired) electrons. The number of aryl methyl sites for hydroxylation is 1. The van der Waals surface area contributed by atoms with E-state index in [-0.39, 0.29) is 0 Å². The Hall–Kier alpha value is -2.23. The van der Waals surface area contributed by atoms with Crippen molar-refractivity contribution in [1.29, 1.82) is 0 Å². The number of nitrogens with zero attached hydrogens (tertiary/aromatic N) is 4. The van der Waals surface area contributed by atoms with Crippen LogP contribution in [0.4, 0.5) is 0 Å². The molecule has 17 heavy (non-hydrogen) atoms. The maximum absolute atomic E-state index is 4.57. The van der Waals surface area contributed by atoms with Crippen LogP contribution in [0, 0.1) is 0 Å². The van der Waals surface area contributed by atoms with Crippen molar-refractivity contribution in [3.63, 3.8) is 0 Å². The van der Waals surface area contributed by atoms with Crippen molar-refractivity contribution in [2.75, 3.05) is 0 Å². The molecule has 4 heteroatoms. The van der Waals surface area contributed by atoms with Crippen molar-refractivity contribution in [3.05, 3.63) is 48.5 Å². The Morgan fingerprint density at radius 1 is 1.06 bits per heavy atom. The van der Waals surface area contributed by atoms with Gasteiger partial charge >= 0.3 is 0 Å². The zero-order valence-corrected chi connectivity index (χ0v) is 9.54. The number of rotatable bonds is 2. The average Bonchev–Trinajstić information content (AvgIpc) is 2.78. The van der Waals surface area contributed by atoms with Crippen LogP contribution in [-0.4, -0.2) is 19.5 Å². The van der Waals surface area contributed by atoms with Crippen LogP contribution in [-0.2, 0) is 6.42 Å². The van der Waals surface area contributed by atoms with Gasteiger partial charge in [0, 0.05) is 18.8 Å². The summed E-state index contributed by atoms with van der Waals surface area (Å²) in [7, 11) is 0. The first-order valence-corrected chi connectivity index (χ1v) is 5.64. The molecule has 0 aliphatic heterocycles. The third-order valence-corrected chi connectivity index (χ3v) is 2.68. The molecule has 0 saturated carbocycles. The third kappa shape index (κ3) is 1.58. The molecule has 0 aromatic carbocycles. The van der Waals surface area contributed by atoms with Gasteiger partial charge in [-0.2, -0.15) is 0 Å². The molecule has 0 bridgehead atoms. The smallest absolute Gasteiger partial charge is 0.165 e. The lowest BCUT2D eigenvalue weighted by atomic mass is 10.4. The van der Waals surface area contributed by atoms with Crippen LogP contribution in [0.3, 0.4) is 0 Å². The number of hydrogen-bond donors (Lipinski definition) is 0. The number of hydrogen-bond acceptors (Lipinski definition) is 3. The first-order chi connectivity index (χ1) is 8.40. The molecule has 0 amide bonds. The van der Waals surface area contributed by atoms with E-state index in [4.69, 9.17) is 0 Å². The number of imidazole rings is 1. The van der Waals surface area contributed by atoms with E-state index >= 15 is 0 Å². The topological polar surface area (TPSA) is 43.6 Å². The molecule has 3 heterocycles. The van der Waals surface area contributed by atoms with Crippen LogP contribution in [0.1, 0.15) is 12.7 Å². The van der Waals surface area contributed by atoms with Gasteiger partial charge in [-0.3, -0.25) is 4.57 Å². The minimum Gasteiger partial charge on any atom is -0.264 e. The summed E-state index contributed by atoms with van der Waals surface area (Å²) < 4.78 is 2.01. The minimum atomic E-state index is 0.854. The summed E-state index contributed by atoms with van der Waals surface area (Å²) in [6, 6.07) is 9.71. The second kappa shape index (κ2) is 3.97. The van der Waals surface area contributed by atoms with Crippen molar-refractivity contribution < 1.29 is 0 Å². The van der Waals surface area contributed by atoms with Crippen molar-refractivity contribution in [2.45, 2.75) is 13.3 Å². The SMILES string of the molecule is CCc1nc2cccnc2n1-c1ccccn1. The van der Waals surface area contributed by atoms with Gasteiger partial charge in [0.2, 0.25) is 0 Å². The highest BCUT2D eigenvalue weighted by atomic mass is 15.2. The Kier molecular flexibility index (Phi) is 2.33.